The molecule has 0 amide bonds. The van der Waals surface area contributed by atoms with Gasteiger partial charge in [-0.25, -0.2) is 0 Å². The molecular weight excluding hydrogens is 188 g/mol. The van der Waals surface area contributed by atoms with Crippen molar-refractivity contribution < 1.29 is 23.9 Å². The summed E-state index contributed by atoms with van der Waals surface area (Å²) in [5, 5.41) is 8.28. The SMILES string of the molecule is Cc1ccc(C(=O)C(=O)CC(=O)O)o1. The summed E-state index contributed by atoms with van der Waals surface area (Å²) in [5.41, 5.74) is 0. The number of carbonyl (C=O) groups is 3. The second-order valence-electron chi connectivity index (χ2n) is 2.73. The van der Waals surface area contributed by atoms with Crippen molar-refractivity contribution in [1.29, 1.82) is 0 Å². The van der Waals surface area contributed by atoms with Crippen LogP contribution in [0.15, 0.2) is 16.5 Å². The average Bonchev–Trinajstić information content (AvgIpc) is 2.49. The van der Waals surface area contributed by atoms with Gasteiger partial charge in [0.2, 0.25) is 5.78 Å². The van der Waals surface area contributed by atoms with Gasteiger partial charge in [0, 0.05) is 0 Å². The van der Waals surface area contributed by atoms with Gasteiger partial charge in [0.15, 0.2) is 5.76 Å². The largest absolute Gasteiger partial charge is 0.481 e. The Hall–Kier alpha value is -1.91. The number of carboxylic acid groups (broad SMARTS) is 1. The molecule has 0 unspecified atom stereocenters. The van der Waals surface area contributed by atoms with Crippen molar-refractivity contribution in [2.75, 3.05) is 0 Å². The normalized spacial score (nSPS) is 9.79. The van der Waals surface area contributed by atoms with E-state index in [0.29, 0.717) is 5.76 Å². The minimum atomic E-state index is -1.33. The fraction of sp³-hybridized carbons (Fsp3) is 0.222. The summed E-state index contributed by atoms with van der Waals surface area (Å²) in [4.78, 5) is 32.3. The Morgan fingerprint density at radius 3 is 2.43 bits per heavy atom. The van der Waals surface area contributed by atoms with Crippen LogP contribution in [0, 0.1) is 6.92 Å². The van der Waals surface area contributed by atoms with Gasteiger partial charge in [0.25, 0.3) is 5.78 Å². The minimum Gasteiger partial charge on any atom is -0.481 e. The van der Waals surface area contributed by atoms with Crippen LogP contribution in [0.3, 0.4) is 0 Å². The van der Waals surface area contributed by atoms with Gasteiger partial charge in [0.1, 0.15) is 12.2 Å². The van der Waals surface area contributed by atoms with Crippen molar-refractivity contribution in [3.05, 3.63) is 23.7 Å². The van der Waals surface area contributed by atoms with Gasteiger partial charge in [0.05, 0.1) is 0 Å². The second-order valence-corrected chi connectivity index (χ2v) is 2.73. The standard InChI is InChI=1S/C9H8O5/c1-5-2-3-7(14-5)9(13)6(10)4-8(11)12/h2-3H,4H2,1H3,(H,11,12). The Morgan fingerprint density at radius 1 is 1.36 bits per heavy atom. The second kappa shape index (κ2) is 3.87. The quantitative estimate of drug-likeness (QED) is 0.437. The predicted octanol–water partition coefficient (Wildman–Crippen LogP) is 0.815. The maximum absolute atomic E-state index is 11.2. The molecule has 0 saturated carbocycles. The third-order valence-electron chi connectivity index (χ3n) is 1.53. The molecule has 1 rings (SSSR count). The molecule has 0 aliphatic rings. The van der Waals surface area contributed by atoms with Gasteiger partial charge < -0.3 is 9.52 Å². The van der Waals surface area contributed by atoms with Crippen LogP contribution in [0.25, 0.3) is 0 Å². The molecule has 1 aromatic heterocycles. The van der Waals surface area contributed by atoms with E-state index in [9.17, 15) is 14.4 Å². The minimum absolute atomic E-state index is 0.117. The van der Waals surface area contributed by atoms with Crippen molar-refractivity contribution in [3.63, 3.8) is 0 Å². The number of furan rings is 1. The number of carboxylic acids is 1. The average molecular weight is 196 g/mol. The summed E-state index contributed by atoms with van der Waals surface area (Å²) in [6.07, 6.45) is -0.807. The van der Waals surface area contributed by atoms with Crippen molar-refractivity contribution in [2.45, 2.75) is 13.3 Å². The summed E-state index contributed by atoms with van der Waals surface area (Å²) in [5.74, 6) is -2.83. The predicted molar refractivity (Wildman–Crippen MR) is 45.0 cm³/mol. The van der Waals surface area contributed by atoms with E-state index in [-0.39, 0.29) is 5.76 Å². The van der Waals surface area contributed by atoms with E-state index in [1.165, 1.54) is 12.1 Å². The molecule has 0 bridgehead atoms. The van der Waals surface area contributed by atoms with Gasteiger partial charge in [-0.3, -0.25) is 14.4 Å². The van der Waals surface area contributed by atoms with Crippen molar-refractivity contribution >= 4 is 17.5 Å². The molecule has 1 heterocycles. The smallest absolute Gasteiger partial charge is 0.311 e. The zero-order valence-corrected chi connectivity index (χ0v) is 7.44. The molecule has 0 radical (unpaired) electrons. The first kappa shape index (κ1) is 10.2. The van der Waals surface area contributed by atoms with Crippen LogP contribution >= 0.6 is 0 Å². The molecule has 0 aromatic carbocycles. The van der Waals surface area contributed by atoms with Gasteiger partial charge in [-0.05, 0) is 19.1 Å². The van der Waals surface area contributed by atoms with Crippen LogP contribution in [0.1, 0.15) is 22.7 Å². The van der Waals surface area contributed by atoms with Crippen LogP contribution in [0.2, 0.25) is 0 Å². The van der Waals surface area contributed by atoms with E-state index >= 15 is 0 Å². The number of rotatable bonds is 4. The highest BCUT2D eigenvalue weighted by Crippen LogP contribution is 2.08. The Morgan fingerprint density at radius 2 is 2.00 bits per heavy atom. The third kappa shape index (κ3) is 2.29. The molecular formula is C9H8O5. The molecule has 5 nitrogen and oxygen atoms in total. The molecule has 0 saturated heterocycles. The van der Waals surface area contributed by atoms with E-state index in [0.717, 1.165) is 0 Å². The third-order valence-corrected chi connectivity index (χ3v) is 1.53. The van der Waals surface area contributed by atoms with Crippen molar-refractivity contribution in [1.82, 2.24) is 0 Å². The highest BCUT2D eigenvalue weighted by atomic mass is 16.4. The maximum atomic E-state index is 11.2. The summed E-state index contributed by atoms with van der Waals surface area (Å²) in [6.45, 7) is 1.62. The molecule has 1 N–H and O–H groups in total. The monoisotopic (exact) mass is 196 g/mol. The molecule has 0 aliphatic heterocycles. The number of aryl methyl sites for hydroxylation is 1. The fourth-order valence-corrected chi connectivity index (χ4v) is 0.912. The lowest BCUT2D eigenvalue weighted by atomic mass is 10.1. The summed E-state index contributed by atoms with van der Waals surface area (Å²) >= 11 is 0. The first-order chi connectivity index (χ1) is 6.50. The molecule has 0 aliphatic carbocycles. The molecule has 74 valence electrons. The highest BCUT2D eigenvalue weighted by molar-refractivity contribution is 6.45. The molecule has 14 heavy (non-hydrogen) atoms. The van der Waals surface area contributed by atoms with E-state index in [4.69, 9.17) is 9.52 Å². The van der Waals surface area contributed by atoms with Crippen LogP contribution in [0.4, 0.5) is 0 Å². The Balaban J connectivity index is 2.76. The molecule has 5 heteroatoms. The highest BCUT2D eigenvalue weighted by Gasteiger charge is 2.21. The summed E-state index contributed by atoms with van der Waals surface area (Å²) in [7, 11) is 0. The Kier molecular flexibility index (Phi) is 2.81. The number of aliphatic carboxylic acids is 1. The van der Waals surface area contributed by atoms with Crippen LogP contribution in [-0.2, 0) is 9.59 Å². The Bertz CT molecular complexity index is 388. The van der Waals surface area contributed by atoms with Crippen LogP contribution in [-0.4, -0.2) is 22.6 Å². The lowest BCUT2D eigenvalue weighted by Gasteiger charge is -1.92. The molecule has 0 fully saturated rings. The zero-order chi connectivity index (χ0) is 10.7. The molecule has 0 atom stereocenters. The molecule has 1 aromatic rings. The fourth-order valence-electron chi connectivity index (χ4n) is 0.912. The number of Topliss-reactive ketones (excluding diaryl/α,β-unsaturated/α-hetero) is 2. The maximum Gasteiger partial charge on any atom is 0.311 e. The topological polar surface area (TPSA) is 84.6 Å². The van der Waals surface area contributed by atoms with E-state index < -0.39 is 24.0 Å². The lowest BCUT2D eigenvalue weighted by Crippen LogP contribution is -2.17. The first-order valence-corrected chi connectivity index (χ1v) is 3.86. The molecule has 0 spiro atoms. The Labute approximate surface area is 79.3 Å². The lowest BCUT2D eigenvalue weighted by molar-refractivity contribution is -0.139. The summed E-state index contributed by atoms with van der Waals surface area (Å²) < 4.78 is 4.88. The van der Waals surface area contributed by atoms with E-state index in [2.05, 4.69) is 0 Å². The van der Waals surface area contributed by atoms with Crippen molar-refractivity contribution in [2.24, 2.45) is 0 Å². The van der Waals surface area contributed by atoms with Gasteiger partial charge >= 0.3 is 5.97 Å². The number of hydrogen-bond donors (Lipinski definition) is 1. The zero-order valence-electron chi connectivity index (χ0n) is 7.44. The first-order valence-electron chi connectivity index (χ1n) is 3.86. The van der Waals surface area contributed by atoms with Gasteiger partial charge in [-0.15, -0.1) is 0 Å². The van der Waals surface area contributed by atoms with Crippen LogP contribution < -0.4 is 0 Å². The number of carbonyl (C=O) groups excluding carboxylic acids is 2. The number of hydrogen-bond acceptors (Lipinski definition) is 4. The summed E-state index contributed by atoms with van der Waals surface area (Å²) in [6, 6.07) is 2.87. The van der Waals surface area contributed by atoms with Crippen molar-refractivity contribution in [3.8, 4) is 0 Å². The van der Waals surface area contributed by atoms with Gasteiger partial charge in [-0.2, -0.15) is 0 Å². The van der Waals surface area contributed by atoms with E-state index in [1.54, 1.807) is 6.92 Å². The van der Waals surface area contributed by atoms with Crippen LogP contribution in [0.5, 0.6) is 0 Å². The number of ketones is 2. The van der Waals surface area contributed by atoms with E-state index in [1.807, 2.05) is 0 Å². The van der Waals surface area contributed by atoms with Gasteiger partial charge in [-0.1, -0.05) is 0 Å².